The molecule has 0 saturated heterocycles. The minimum atomic E-state index is -0.321. The molecular weight excluding hydrogens is 379 g/mol. The molecule has 0 aliphatic carbocycles. The summed E-state index contributed by atoms with van der Waals surface area (Å²) in [6, 6.07) is 13.0. The highest BCUT2D eigenvalue weighted by atomic mass is 35.5. The van der Waals surface area contributed by atoms with Crippen LogP contribution in [0.5, 0.6) is 0 Å². The molecule has 0 saturated carbocycles. The van der Waals surface area contributed by atoms with Crippen LogP contribution in [0.3, 0.4) is 0 Å². The second-order valence-corrected chi connectivity index (χ2v) is 6.54. The van der Waals surface area contributed by atoms with E-state index in [2.05, 4.69) is 25.7 Å². The Bertz CT molecular complexity index is 1020. The first-order valence-electron chi connectivity index (χ1n) is 7.45. The van der Waals surface area contributed by atoms with Crippen LogP contribution < -0.4 is 0 Å². The molecule has 0 unspecified atom stereocenters. The van der Waals surface area contributed by atoms with E-state index in [0.717, 1.165) is 5.69 Å². The highest BCUT2D eigenvalue weighted by Crippen LogP contribution is 2.24. The Labute approximate surface area is 156 Å². The molecule has 2 aromatic carbocycles. The fraction of sp³-hybridized carbons (Fsp3) is 0.0625. The van der Waals surface area contributed by atoms with E-state index in [9.17, 15) is 4.39 Å². The van der Waals surface area contributed by atoms with Crippen molar-refractivity contribution in [1.82, 2.24) is 30.3 Å². The number of rotatable bonds is 5. The largest absolute Gasteiger partial charge is 0.334 e. The molecule has 130 valence electrons. The smallest absolute Gasteiger partial charge is 0.257 e. The van der Waals surface area contributed by atoms with Crippen LogP contribution in [0.1, 0.15) is 5.82 Å². The summed E-state index contributed by atoms with van der Waals surface area (Å²) in [6.45, 7) is 0. The predicted octanol–water partition coefficient (Wildman–Crippen LogP) is 3.80. The van der Waals surface area contributed by atoms with Crippen molar-refractivity contribution in [3.8, 4) is 17.1 Å². The van der Waals surface area contributed by atoms with Gasteiger partial charge in [-0.25, -0.2) is 4.39 Å². The molecule has 0 bridgehead atoms. The number of nitrogens with zero attached hydrogens (tertiary/aromatic N) is 6. The van der Waals surface area contributed by atoms with Gasteiger partial charge >= 0.3 is 0 Å². The van der Waals surface area contributed by atoms with Crippen molar-refractivity contribution < 1.29 is 8.91 Å². The van der Waals surface area contributed by atoms with E-state index in [1.54, 1.807) is 28.9 Å². The first-order valence-corrected chi connectivity index (χ1v) is 8.81. The maximum atomic E-state index is 13.0. The maximum absolute atomic E-state index is 13.0. The average molecular weight is 389 g/mol. The molecule has 7 nitrogen and oxygen atoms in total. The van der Waals surface area contributed by atoms with Gasteiger partial charge in [0.15, 0.2) is 5.82 Å². The van der Waals surface area contributed by atoms with E-state index < -0.39 is 0 Å². The Morgan fingerprint density at radius 2 is 1.85 bits per heavy atom. The van der Waals surface area contributed by atoms with Crippen LogP contribution in [0.25, 0.3) is 17.1 Å². The van der Waals surface area contributed by atoms with Gasteiger partial charge in [-0.2, -0.15) is 9.67 Å². The second kappa shape index (κ2) is 7.22. The lowest BCUT2D eigenvalue weighted by Crippen LogP contribution is -1.99. The second-order valence-electron chi connectivity index (χ2n) is 5.16. The van der Waals surface area contributed by atoms with Gasteiger partial charge in [0, 0.05) is 10.6 Å². The van der Waals surface area contributed by atoms with Gasteiger partial charge in [-0.3, -0.25) is 0 Å². The third-order valence-electron chi connectivity index (χ3n) is 3.40. The molecule has 0 aliphatic rings. The SMILES string of the molecule is Fc1ccc(-c2nc(CSc3nnnn3-c3ccc(Cl)cc3)no2)cc1. The lowest BCUT2D eigenvalue weighted by atomic mass is 10.2. The number of aromatic nitrogens is 6. The Hall–Kier alpha value is -2.78. The van der Waals surface area contributed by atoms with E-state index in [4.69, 9.17) is 16.1 Å². The summed E-state index contributed by atoms with van der Waals surface area (Å²) >= 11 is 7.27. The molecule has 2 heterocycles. The molecule has 0 atom stereocenters. The Kier molecular flexibility index (Phi) is 4.63. The number of tetrazole rings is 1. The molecule has 4 aromatic rings. The van der Waals surface area contributed by atoms with Crippen molar-refractivity contribution in [3.63, 3.8) is 0 Å². The van der Waals surface area contributed by atoms with Gasteiger partial charge in [-0.1, -0.05) is 28.5 Å². The molecular formula is C16H10ClFN6OS. The van der Waals surface area contributed by atoms with Crippen molar-refractivity contribution in [1.29, 1.82) is 0 Å². The molecule has 2 aromatic heterocycles. The van der Waals surface area contributed by atoms with Gasteiger partial charge in [0.2, 0.25) is 5.16 Å². The zero-order chi connectivity index (χ0) is 17.9. The number of hydrogen-bond donors (Lipinski definition) is 0. The first kappa shape index (κ1) is 16.7. The van der Waals surface area contributed by atoms with Crippen LogP contribution in [0, 0.1) is 5.82 Å². The van der Waals surface area contributed by atoms with Gasteiger partial charge < -0.3 is 4.52 Å². The van der Waals surface area contributed by atoms with Crippen molar-refractivity contribution in [2.24, 2.45) is 0 Å². The molecule has 0 fully saturated rings. The zero-order valence-electron chi connectivity index (χ0n) is 13.1. The minimum Gasteiger partial charge on any atom is -0.334 e. The third-order valence-corrected chi connectivity index (χ3v) is 4.57. The number of hydrogen-bond acceptors (Lipinski definition) is 7. The summed E-state index contributed by atoms with van der Waals surface area (Å²) in [7, 11) is 0. The van der Waals surface area contributed by atoms with Crippen molar-refractivity contribution in [2.75, 3.05) is 0 Å². The van der Waals surface area contributed by atoms with Gasteiger partial charge in [-0.05, 0) is 59.0 Å². The fourth-order valence-electron chi connectivity index (χ4n) is 2.16. The Balaban J connectivity index is 1.48. The van der Waals surface area contributed by atoms with E-state index in [1.807, 2.05) is 12.1 Å². The molecule has 4 rings (SSSR count). The molecule has 10 heteroatoms. The van der Waals surface area contributed by atoms with E-state index >= 15 is 0 Å². The predicted molar refractivity (Wildman–Crippen MR) is 93.4 cm³/mol. The van der Waals surface area contributed by atoms with Crippen LogP contribution >= 0.6 is 23.4 Å². The number of thioether (sulfide) groups is 1. The summed E-state index contributed by atoms with van der Waals surface area (Å²) in [5.74, 6) is 0.912. The van der Waals surface area contributed by atoms with Gasteiger partial charge in [0.1, 0.15) is 5.82 Å². The van der Waals surface area contributed by atoms with E-state index in [1.165, 1.54) is 23.9 Å². The standard InChI is InChI=1S/C16H10ClFN6OS/c17-11-3-7-13(8-4-11)24-16(20-22-23-24)26-9-14-19-15(25-21-14)10-1-5-12(18)6-2-10/h1-8H,9H2. The van der Waals surface area contributed by atoms with Crippen molar-refractivity contribution >= 4 is 23.4 Å². The molecule has 0 aliphatic heterocycles. The molecule has 0 amide bonds. The average Bonchev–Trinajstić information content (AvgIpc) is 3.30. The van der Waals surface area contributed by atoms with Crippen molar-refractivity contribution in [2.45, 2.75) is 10.9 Å². The summed E-state index contributed by atoms with van der Waals surface area (Å²) in [6.07, 6.45) is 0. The van der Waals surface area contributed by atoms with Crippen LogP contribution in [-0.4, -0.2) is 30.3 Å². The molecule has 26 heavy (non-hydrogen) atoms. The van der Waals surface area contributed by atoms with Crippen LogP contribution in [-0.2, 0) is 5.75 Å². The fourth-order valence-corrected chi connectivity index (χ4v) is 3.02. The minimum absolute atomic E-state index is 0.321. The molecule has 0 N–H and O–H groups in total. The highest BCUT2D eigenvalue weighted by Gasteiger charge is 2.13. The van der Waals surface area contributed by atoms with E-state index in [-0.39, 0.29) is 5.82 Å². The van der Waals surface area contributed by atoms with Crippen LogP contribution in [0.15, 0.2) is 58.2 Å². The highest BCUT2D eigenvalue weighted by molar-refractivity contribution is 7.98. The maximum Gasteiger partial charge on any atom is 0.257 e. The first-order chi connectivity index (χ1) is 12.7. The third kappa shape index (κ3) is 3.58. The number of benzene rings is 2. The van der Waals surface area contributed by atoms with Gasteiger partial charge in [-0.15, -0.1) is 5.10 Å². The summed E-state index contributed by atoms with van der Waals surface area (Å²) < 4.78 is 19.8. The normalized spacial score (nSPS) is 11.0. The summed E-state index contributed by atoms with van der Waals surface area (Å²) in [4.78, 5) is 4.31. The van der Waals surface area contributed by atoms with E-state index in [0.29, 0.717) is 33.2 Å². The Morgan fingerprint density at radius 1 is 1.08 bits per heavy atom. The number of halogens is 2. The summed E-state index contributed by atoms with van der Waals surface area (Å²) in [5, 5.41) is 16.8. The van der Waals surface area contributed by atoms with Crippen LogP contribution in [0.4, 0.5) is 4.39 Å². The lowest BCUT2D eigenvalue weighted by molar-refractivity contribution is 0.425. The van der Waals surface area contributed by atoms with Crippen molar-refractivity contribution in [3.05, 3.63) is 65.2 Å². The van der Waals surface area contributed by atoms with Crippen LogP contribution in [0.2, 0.25) is 5.02 Å². The quantitative estimate of drug-likeness (QED) is 0.481. The molecule has 0 spiro atoms. The zero-order valence-corrected chi connectivity index (χ0v) is 14.7. The monoisotopic (exact) mass is 388 g/mol. The lowest BCUT2D eigenvalue weighted by Gasteiger charge is -2.02. The topological polar surface area (TPSA) is 82.5 Å². The molecule has 0 radical (unpaired) electrons. The van der Waals surface area contributed by atoms with Gasteiger partial charge in [0.05, 0.1) is 11.4 Å². The summed E-state index contributed by atoms with van der Waals surface area (Å²) in [5.41, 5.74) is 1.45. The Morgan fingerprint density at radius 3 is 2.62 bits per heavy atom. The van der Waals surface area contributed by atoms with Gasteiger partial charge in [0.25, 0.3) is 5.89 Å².